The molecule has 0 saturated carbocycles. The van der Waals surface area contributed by atoms with Crippen LogP contribution in [0.25, 0.3) is 11.3 Å². The van der Waals surface area contributed by atoms with E-state index in [0.717, 1.165) is 29.7 Å². The number of nitrogens with two attached hydrogens (primary N) is 1. The number of hydrogen-bond donors (Lipinski definition) is 1. The summed E-state index contributed by atoms with van der Waals surface area (Å²) in [5.41, 5.74) is 8.59. The average Bonchev–Trinajstić information content (AvgIpc) is 2.35. The summed E-state index contributed by atoms with van der Waals surface area (Å²) in [4.78, 5) is 8.34. The monoisotopic (exact) mass is 281 g/mol. The van der Waals surface area contributed by atoms with Gasteiger partial charge in [-0.15, -0.1) is 0 Å². The maximum atomic E-state index is 6.03. The van der Waals surface area contributed by atoms with Crippen molar-refractivity contribution in [3.05, 3.63) is 40.1 Å². The summed E-state index contributed by atoms with van der Waals surface area (Å²) in [6.45, 7) is 2.09. The van der Waals surface area contributed by atoms with Crippen LogP contribution in [-0.2, 0) is 6.42 Å². The fourth-order valence-corrected chi connectivity index (χ4v) is 2.11. The molecule has 94 valence electrons. The van der Waals surface area contributed by atoms with Gasteiger partial charge in [0.25, 0.3) is 0 Å². The van der Waals surface area contributed by atoms with E-state index in [0.29, 0.717) is 15.9 Å². The number of nitrogens with zero attached hydrogens (tertiary/aromatic N) is 2. The second-order valence-electron chi connectivity index (χ2n) is 3.96. The van der Waals surface area contributed by atoms with Gasteiger partial charge in [0, 0.05) is 11.1 Å². The zero-order valence-corrected chi connectivity index (χ0v) is 11.5. The highest BCUT2D eigenvalue weighted by molar-refractivity contribution is 6.42. The first-order chi connectivity index (χ1) is 8.63. The van der Waals surface area contributed by atoms with Crippen molar-refractivity contribution in [2.45, 2.75) is 19.8 Å². The Hall–Kier alpha value is -1.32. The van der Waals surface area contributed by atoms with Crippen LogP contribution in [-0.4, -0.2) is 9.97 Å². The Kier molecular flexibility index (Phi) is 4.04. The third kappa shape index (κ3) is 2.57. The van der Waals surface area contributed by atoms with Crippen molar-refractivity contribution in [2.75, 3.05) is 5.73 Å². The largest absolute Gasteiger partial charge is 0.383 e. The Morgan fingerprint density at radius 1 is 1.17 bits per heavy atom. The summed E-state index contributed by atoms with van der Waals surface area (Å²) in [7, 11) is 0. The van der Waals surface area contributed by atoms with Gasteiger partial charge in [0.15, 0.2) is 0 Å². The molecule has 0 amide bonds. The predicted octanol–water partition coefficient (Wildman–Crippen LogP) is 3.99. The molecule has 18 heavy (non-hydrogen) atoms. The third-order valence-electron chi connectivity index (χ3n) is 2.67. The molecule has 1 aromatic heterocycles. The molecule has 0 atom stereocenters. The lowest BCUT2D eigenvalue weighted by Gasteiger charge is -2.10. The maximum absolute atomic E-state index is 6.03. The summed E-state index contributed by atoms with van der Waals surface area (Å²) in [6.07, 6.45) is 3.28. The summed E-state index contributed by atoms with van der Waals surface area (Å²) < 4.78 is 0. The van der Waals surface area contributed by atoms with Crippen LogP contribution in [0.5, 0.6) is 0 Å². The van der Waals surface area contributed by atoms with Crippen LogP contribution in [0.2, 0.25) is 10.0 Å². The lowest BCUT2D eigenvalue weighted by molar-refractivity contribution is 0.908. The molecule has 0 aliphatic heterocycles. The van der Waals surface area contributed by atoms with Crippen LogP contribution in [0.4, 0.5) is 5.82 Å². The summed E-state index contributed by atoms with van der Waals surface area (Å²) in [5, 5.41) is 1.04. The first-order valence-corrected chi connectivity index (χ1v) is 6.43. The SMILES string of the molecule is CCCc1c(N)ncnc1-c1ccc(Cl)c(Cl)c1. The highest BCUT2D eigenvalue weighted by atomic mass is 35.5. The van der Waals surface area contributed by atoms with E-state index in [-0.39, 0.29) is 0 Å². The fourth-order valence-electron chi connectivity index (χ4n) is 1.81. The molecule has 0 bridgehead atoms. The second kappa shape index (κ2) is 5.55. The maximum Gasteiger partial charge on any atom is 0.130 e. The molecule has 1 heterocycles. The van der Waals surface area contributed by atoms with Gasteiger partial charge in [-0.2, -0.15) is 0 Å². The predicted molar refractivity (Wildman–Crippen MR) is 75.9 cm³/mol. The molecule has 0 unspecified atom stereocenters. The van der Waals surface area contributed by atoms with E-state index in [1.807, 2.05) is 6.07 Å². The van der Waals surface area contributed by atoms with Crippen molar-refractivity contribution < 1.29 is 0 Å². The Labute approximate surface area is 116 Å². The topological polar surface area (TPSA) is 51.8 Å². The van der Waals surface area contributed by atoms with Gasteiger partial charge in [-0.1, -0.05) is 42.6 Å². The first-order valence-electron chi connectivity index (χ1n) is 5.68. The Balaban J connectivity index is 2.55. The standard InChI is InChI=1S/C13H13Cl2N3/c1-2-3-9-12(17-7-18-13(9)16)8-4-5-10(14)11(15)6-8/h4-7H,2-3H2,1H3,(H2,16,17,18). The number of hydrogen-bond acceptors (Lipinski definition) is 3. The Morgan fingerprint density at radius 2 is 1.94 bits per heavy atom. The van der Waals surface area contributed by atoms with Crippen molar-refractivity contribution >= 4 is 29.0 Å². The molecule has 0 aliphatic carbocycles. The molecule has 2 N–H and O–H groups in total. The minimum Gasteiger partial charge on any atom is -0.383 e. The van der Waals surface area contributed by atoms with Gasteiger partial charge >= 0.3 is 0 Å². The smallest absolute Gasteiger partial charge is 0.130 e. The second-order valence-corrected chi connectivity index (χ2v) is 4.78. The molecule has 0 aliphatic rings. The molecule has 0 radical (unpaired) electrons. The van der Waals surface area contributed by atoms with E-state index in [9.17, 15) is 0 Å². The van der Waals surface area contributed by atoms with Crippen molar-refractivity contribution in [1.29, 1.82) is 0 Å². The molecule has 2 rings (SSSR count). The number of nitrogen functional groups attached to an aromatic ring is 1. The van der Waals surface area contributed by atoms with Crippen molar-refractivity contribution in [1.82, 2.24) is 9.97 Å². The number of halogens is 2. The van der Waals surface area contributed by atoms with E-state index in [1.54, 1.807) is 12.1 Å². The highest BCUT2D eigenvalue weighted by Crippen LogP contribution is 2.30. The minimum absolute atomic E-state index is 0.508. The van der Waals surface area contributed by atoms with Crippen LogP contribution < -0.4 is 5.73 Å². The van der Waals surface area contributed by atoms with E-state index >= 15 is 0 Å². The summed E-state index contributed by atoms with van der Waals surface area (Å²) >= 11 is 11.9. The lowest BCUT2D eigenvalue weighted by atomic mass is 10.0. The average molecular weight is 282 g/mol. The number of anilines is 1. The number of aromatic nitrogens is 2. The zero-order chi connectivity index (χ0) is 13.1. The lowest BCUT2D eigenvalue weighted by Crippen LogP contribution is -2.02. The highest BCUT2D eigenvalue weighted by Gasteiger charge is 2.11. The Bertz CT molecular complexity index is 570. The Morgan fingerprint density at radius 3 is 2.61 bits per heavy atom. The van der Waals surface area contributed by atoms with Gasteiger partial charge < -0.3 is 5.73 Å². The molecule has 3 nitrogen and oxygen atoms in total. The van der Waals surface area contributed by atoms with Crippen LogP contribution in [0, 0.1) is 0 Å². The molecular formula is C13H13Cl2N3. The third-order valence-corrected chi connectivity index (χ3v) is 3.41. The fraction of sp³-hybridized carbons (Fsp3) is 0.231. The van der Waals surface area contributed by atoms with Crippen molar-refractivity contribution in [3.8, 4) is 11.3 Å². The molecule has 0 spiro atoms. The molecular weight excluding hydrogens is 269 g/mol. The van der Waals surface area contributed by atoms with Crippen LogP contribution in [0.1, 0.15) is 18.9 Å². The molecule has 5 heteroatoms. The van der Waals surface area contributed by atoms with Gasteiger partial charge in [0.2, 0.25) is 0 Å². The van der Waals surface area contributed by atoms with Gasteiger partial charge in [0.05, 0.1) is 15.7 Å². The van der Waals surface area contributed by atoms with Gasteiger partial charge in [-0.3, -0.25) is 0 Å². The normalized spacial score (nSPS) is 10.6. The molecule has 2 aromatic rings. The van der Waals surface area contributed by atoms with Gasteiger partial charge in [-0.05, 0) is 18.6 Å². The van der Waals surface area contributed by atoms with E-state index < -0.39 is 0 Å². The first kappa shape index (κ1) is 13.1. The molecule has 0 saturated heterocycles. The zero-order valence-electron chi connectivity index (χ0n) is 9.95. The van der Waals surface area contributed by atoms with Gasteiger partial charge in [-0.25, -0.2) is 9.97 Å². The quantitative estimate of drug-likeness (QED) is 0.926. The molecule has 0 fully saturated rings. The number of benzene rings is 1. The van der Waals surface area contributed by atoms with Crippen LogP contribution >= 0.6 is 23.2 Å². The van der Waals surface area contributed by atoms with Crippen molar-refractivity contribution in [3.63, 3.8) is 0 Å². The summed E-state index contributed by atoms with van der Waals surface area (Å²) in [5.74, 6) is 0.521. The minimum atomic E-state index is 0.508. The number of rotatable bonds is 3. The van der Waals surface area contributed by atoms with Gasteiger partial charge in [0.1, 0.15) is 12.1 Å². The van der Waals surface area contributed by atoms with E-state index in [2.05, 4.69) is 16.9 Å². The van der Waals surface area contributed by atoms with Crippen LogP contribution in [0.15, 0.2) is 24.5 Å². The summed E-state index contributed by atoms with van der Waals surface area (Å²) in [6, 6.07) is 5.44. The van der Waals surface area contributed by atoms with E-state index in [1.165, 1.54) is 6.33 Å². The van der Waals surface area contributed by atoms with E-state index in [4.69, 9.17) is 28.9 Å². The molecule has 1 aromatic carbocycles. The van der Waals surface area contributed by atoms with Crippen molar-refractivity contribution in [2.24, 2.45) is 0 Å². The van der Waals surface area contributed by atoms with Crippen LogP contribution in [0.3, 0.4) is 0 Å².